The van der Waals surface area contributed by atoms with E-state index in [0.29, 0.717) is 6.04 Å². The molecule has 0 spiro atoms. The van der Waals surface area contributed by atoms with Crippen molar-refractivity contribution in [1.29, 1.82) is 0 Å². The van der Waals surface area contributed by atoms with Crippen molar-refractivity contribution in [2.24, 2.45) is 5.73 Å². The van der Waals surface area contributed by atoms with Crippen molar-refractivity contribution >= 4 is 0 Å². The molecule has 1 aliphatic heterocycles. The van der Waals surface area contributed by atoms with Crippen molar-refractivity contribution in [2.45, 2.75) is 64.1 Å². The summed E-state index contributed by atoms with van der Waals surface area (Å²) < 4.78 is 0. The lowest BCUT2D eigenvalue weighted by Gasteiger charge is -2.55. The quantitative estimate of drug-likeness (QED) is 0.816. The summed E-state index contributed by atoms with van der Waals surface area (Å²) in [7, 11) is 4.28. The van der Waals surface area contributed by atoms with Crippen LogP contribution < -0.4 is 5.73 Å². The van der Waals surface area contributed by atoms with Crippen molar-refractivity contribution < 1.29 is 0 Å². The number of likely N-dealkylation sites (tertiary alicyclic amines) is 1. The van der Waals surface area contributed by atoms with Crippen LogP contribution in [-0.4, -0.2) is 54.1 Å². The van der Waals surface area contributed by atoms with Crippen molar-refractivity contribution in [3.05, 3.63) is 0 Å². The van der Waals surface area contributed by atoms with Crippen LogP contribution in [0.2, 0.25) is 0 Å². The Bertz CT molecular complexity index is 228. The molecule has 0 bridgehead atoms. The van der Waals surface area contributed by atoms with E-state index in [1.165, 1.54) is 13.0 Å². The predicted molar refractivity (Wildman–Crippen MR) is 75.2 cm³/mol. The second-order valence-electron chi connectivity index (χ2n) is 7.10. The summed E-state index contributed by atoms with van der Waals surface area (Å²) in [6.45, 7) is 11.7. The van der Waals surface area contributed by atoms with Gasteiger partial charge in [0, 0.05) is 23.7 Å². The van der Waals surface area contributed by atoms with E-state index >= 15 is 0 Å². The van der Waals surface area contributed by atoms with Crippen molar-refractivity contribution in [3.63, 3.8) is 0 Å². The summed E-state index contributed by atoms with van der Waals surface area (Å²) in [5, 5.41) is 0. The first-order valence-corrected chi connectivity index (χ1v) is 6.83. The molecule has 0 amide bonds. The Morgan fingerprint density at radius 2 is 1.59 bits per heavy atom. The fraction of sp³-hybridized carbons (Fsp3) is 1.00. The van der Waals surface area contributed by atoms with Crippen LogP contribution in [0.25, 0.3) is 0 Å². The number of rotatable bonds is 4. The van der Waals surface area contributed by atoms with Crippen molar-refractivity contribution in [3.8, 4) is 0 Å². The highest BCUT2D eigenvalue weighted by atomic mass is 15.3. The van der Waals surface area contributed by atoms with Gasteiger partial charge in [-0.25, -0.2) is 0 Å². The number of piperidine rings is 1. The zero-order valence-electron chi connectivity index (χ0n) is 12.6. The molecule has 0 atom stereocenters. The van der Waals surface area contributed by atoms with Gasteiger partial charge in [0.2, 0.25) is 0 Å². The maximum atomic E-state index is 6.19. The van der Waals surface area contributed by atoms with Crippen LogP contribution in [-0.2, 0) is 0 Å². The molecule has 102 valence electrons. The fourth-order valence-corrected chi connectivity index (χ4v) is 3.55. The molecular weight excluding hydrogens is 210 g/mol. The maximum Gasteiger partial charge on any atom is 0.0173 e. The molecular formula is C14H31N3. The van der Waals surface area contributed by atoms with Crippen LogP contribution in [0.1, 0.15) is 47.0 Å². The van der Waals surface area contributed by atoms with E-state index in [4.69, 9.17) is 5.73 Å². The third kappa shape index (κ3) is 3.94. The fourth-order valence-electron chi connectivity index (χ4n) is 3.55. The Morgan fingerprint density at radius 3 is 2.00 bits per heavy atom. The van der Waals surface area contributed by atoms with Crippen LogP contribution in [0.5, 0.6) is 0 Å². The third-order valence-corrected chi connectivity index (χ3v) is 3.97. The number of nitrogens with two attached hydrogens (primary N) is 1. The van der Waals surface area contributed by atoms with Gasteiger partial charge in [0.15, 0.2) is 0 Å². The first-order valence-electron chi connectivity index (χ1n) is 6.83. The van der Waals surface area contributed by atoms with E-state index in [1.54, 1.807) is 0 Å². The van der Waals surface area contributed by atoms with Gasteiger partial charge in [0.05, 0.1) is 0 Å². The molecule has 3 heteroatoms. The van der Waals surface area contributed by atoms with E-state index in [9.17, 15) is 0 Å². The molecule has 1 heterocycles. The average Bonchev–Trinajstić information content (AvgIpc) is 2.06. The van der Waals surface area contributed by atoms with Gasteiger partial charge in [-0.1, -0.05) is 0 Å². The van der Waals surface area contributed by atoms with Gasteiger partial charge in [0.25, 0.3) is 0 Å². The van der Waals surface area contributed by atoms with E-state index in [0.717, 1.165) is 19.4 Å². The van der Waals surface area contributed by atoms with E-state index in [2.05, 4.69) is 51.6 Å². The summed E-state index contributed by atoms with van der Waals surface area (Å²) >= 11 is 0. The van der Waals surface area contributed by atoms with Gasteiger partial charge in [-0.2, -0.15) is 0 Å². The van der Waals surface area contributed by atoms with Gasteiger partial charge in [-0.05, 0) is 67.6 Å². The highest BCUT2D eigenvalue weighted by Gasteiger charge is 2.43. The normalized spacial score (nSPS) is 25.4. The Hall–Kier alpha value is -0.120. The van der Waals surface area contributed by atoms with Gasteiger partial charge in [-0.3, -0.25) is 4.90 Å². The summed E-state index contributed by atoms with van der Waals surface area (Å²) in [4.78, 5) is 4.92. The molecule has 1 fully saturated rings. The lowest BCUT2D eigenvalue weighted by atomic mass is 9.77. The van der Waals surface area contributed by atoms with Gasteiger partial charge >= 0.3 is 0 Å². The summed E-state index contributed by atoms with van der Waals surface area (Å²) in [5.41, 5.74) is 6.65. The Kier molecular flexibility index (Phi) is 4.61. The molecule has 0 radical (unpaired) electrons. The predicted octanol–water partition coefficient (Wildman–Crippen LogP) is 1.92. The largest absolute Gasteiger partial charge is 0.328 e. The molecule has 17 heavy (non-hydrogen) atoms. The topological polar surface area (TPSA) is 32.5 Å². The minimum absolute atomic E-state index is 0.230. The molecule has 0 unspecified atom stereocenters. The minimum atomic E-state index is 0.230. The zero-order valence-corrected chi connectivity index (χ0v) is 12.6. The van der Waals surface area contributed by atoms with Gasteiger partial charge in [0.1, 0.15) is 0 Å². The number of hydrogen-bond acceptors (Lipinski definition) is 3. The molecule has 2 N–H and O–H groups in total. The SMILES string of the molecule is CN(C)CCCN1C(C)(C)CC(N)CC1(C)C. The van der Waals surface area contributed by atoms with Gasteiger partial charge < -0.3 is 10.6 Å². The molecule has 0 saturated carbocycles. The average molecular weight is 241 g/mol. The number of hydrogen-bond donors (Lipinski definition) is 1. The highest BCUT2D eigenvalue weighted by molar-refractivity contribution is 5.01. The zero-order chi connectivity index (χ0) is 13.3. The first-order chi connectivity index (χ1) is 7.65. The maximum absolute atomic E-state index is 6.19. The summed E-state index contributed by atoms with van der Waals surface area (Å²) in [6, 6.07) is 0.352. The monoisotopic (exact) mass is 241 g/mol. The second kappa shape index (κ2) is 5.25. The standard InChI is InChI=1S/C14H31N3/c1-13(2)10-12(15)11-14(3,4)17(13)9-7-8-16(5)6/h12H,7-11,15H2,1-6H3. The number of nitrogens with zero attached hydrogens (tertiary/aromatic N) is 2. The first kappa shape index (κ1) is 14.9. The molecule has 1 saturated heterocycles. The molecule has 0 aromatic heterocycles. The Labute approximate surface area is 107 Å². The Balaban J connectivity index is 2.65. The van der Waals surface area contributed by atoms with E-state index < -0.39 is 0 Å². The molecule has 0 aromatic rings. The smallest absolute Gasteiger partial charge is 0.0173 e. The third-order valence-electron chi connectivity index (χ3n) is 3.97. The molecule has 0 aromatic carbocycles. The molecule has 0 aliphatic carbocycles. The van der Waals surface area contributed by atoms with Crippen molar-refractivity contribution in [1.82, 2.24) is 9.80 Å². The highest BCUT2D eigenvalue weighted by Crippen LogP contribution is 2.37. The van der Waals surface area contributed by atoms with Crippen LogP contribution in [0.3, 0.4) is 0 Å². The summed E-state index contributed by atoms with van der Waals surface area (Å²) in [6.07, 6.45) is 3.45. The summed E-state index contributed by atoms with van der Waals surface area (Å²) in [5.74, 6) is 0. The second-order valence-corrected chi connectivity index (χ2v) is 7.10. The van der Waals surface area contributed by atoms with Crippen LogP contribution >= 0.6 is 0 Å². The van der Waals surface area contributed by atoms with E-state index in [-0.39, 0.29) is 11.1 Å². The van der Waals surface area contributed by atoms with Crippen molar-refractivity contribution in [2.75, 3.05) is 27.2 Å². The molecule has 3 nitrogen and oxygen atoms in total. The van der Waals surface area contributed by atoms with Gasteiger partial charge in [-0.15, -0.1) is 0 Å². The molecule has 1 rings (SSSR count). The van der Waals surface area contributed by atoms with Crippen LogP contribution in [0.15, 0.2) is 0 Å². The Morgan fingerprint density at radius 1 is 1.12 bits per heavy atom. The molecule has 1 aliphatic rings. The lowest BCUT2D eigenvalue weighted by molar-refractivity contribution is -0.0360. The minimum Gasteiger partial charge on any atom is -0.328 e. The van der Waals surface area contributed by atoms with Crippen LogP contribution in [0, 0.1) is 0 Å². The van der Waals surface area contributed by atoms with Crippen LogP contribution in [0.4, 0.5) is 0 Å². The van der Waals surface area contributed by atoms with E-state index in [1.807, 2.05) is 0 Å². The lowest BCUT2D eigenvalue weighted by Crippen LogP contribution is -2.63.